The molecule has 1 atom stereocenters. The highest BCUT2D eigenvalue weighted by atomic mass is 15.3. The molecule has 0 aliphatic heterocycles. The summed E-state index contributed by atoms with van der Waals surface area (Å²) < 4.78 is 2.17. The summed E-state index contributed by atoms with van der Waals surface area (Å²) in [6, 6.07) is 6.85. The van der Waals surface area contributed by atoms with E-state index in [-0.39, 0.29) is 6.04 Å². The number of aryl methyl sites for hydroxylation is 3. The van der Waals surface area contributed by atoms with Crippen molar-refractivity contribution in [3.8, 4) is 5.69 Å². The standard InChI is InChI=1S/C29H48N6/c1-9-11-14-23(6)32-29(21(3)4)24(7)31-18-13-12-17-30-20-28-34-33-25(8)35(28)27-16-15-26(10-2)19-22(27)5/h15-16,19,21,29-32H,6-7,9-14,17-18,20H2,1-5,8H3. The fourth-order valence-electron chi connectivity index (χ4n) is 4.29. The number of aromatic nitrogens is 3. The highest BCUT2D eigenvalue weighted by molar-refractivity contribution is 5.44. The summed E-state index contributed by atoms with van der Waals surface area (Å²) in [7, 11) is 0. The topological polar surface area (TPSA) is 66.8 Å². The average Bonchev–Trinajstić information content (AvgIpc) is 3.19. The van der Waals surface area contributed by atoms with Gasteiger partial charge >= 0.3 is 0 Å². The van der Waals surface area contributed by atoms with E-state index in [0.717, 1.165) is 67.5 Å². The molecule has 3 N–H and O–H groups in total. The van der Waals surface area contributed by atoms with Crippen molar-refractivity contribution >= 4 is 0 Å². The molecule has 0 bridgehead atoms. The van der Waals surface area contributed by atoms with E-state index in [1.807, 2.05) is 6.92 Å². The molecule has 0 aliphatic rings. The van der Waals surface area contributed by atoms with Crippen molar-refractivity contribution in [2.75, 3.05) is 13.1 Å². The van der Waals surface area contributed by atoms with Crippen LogP contribution in [0.15, 0.2) is 42.8 Å². The molecule has 0 spiro atoms. The molecule has 0 amide bonds. The number of nitrogens with one attached hydrogen (secondary N) is 3. The van der Waals surface area contributed by atoms with Gasteiger partial charge in [0.1, 0.15) is 5.82 Å². The van der Waals surface area contributed by atoms with E-state index >= 15 is 0 Å². The van der Waals surface area contributed by atoms with Gasteiger partial charge in [0.15, 0.2) is 5.82 Å². The molecule has 194 valence electrons. The molecule has 2 aromatic rings. The molecule has 0 saturated carbocycles. The predicted molar refractivity (Wildman–Crippen MR) is 149 cm³/mol. The first-order valence-corrected chi connectivity index (χ1v) is 13.4. The van der Waals surface area contributed by atoms with E-state index in [4.69, 9.17) is 0 Å². The average molecular weight is 481 g/mol. The Morgan fingerprint density at radius 2 is 1.77 bits per heavy atom. The van der Waals surface area contributed by atoms with E-state index < -0.39 is 0 Å². The van der Waals surface area contributed by atoms with Crippen molar-refractivity contribution in [3.63, 3.8) is 0 Å². The van der Waals surface area contributed by atoms with Crippen LogP contribution in [-0.2, 0) is 13.0 Å². The maximum Gasteiger partial charge on any atom is 0.151 e. The number of allylic oxidation sites excluding steroid dienone is 1. The van der Waals surface area contributed by atoms with Crippen LogP contribution in [0.3, 0.4) is 0 Å². The first-order chi connectivity index (χ1) is 16.8. The number of unbranched alkanes of at least 4 members (excludes halogenated alkanes) is 2. The molecule has 1 aromatic heterocycles. The summed E-state index contributed by atoms with van der Waals surface area (Å²) >= 11 is 0. The highest BCUT2D eigenvalue weighted by Gasteiger charge is 2.17. The van der Waals surface area contributed by atoms with Gasteiger partial charge in [0.25, 0.3) is 0 Å². The van der Waals surface area contributed by atoms with Gasteiger partial charge in [-0.15, -0.1) is 10.2 Å². The molecule has 1 unspecified atom stereocenters. The fourth-order valence-corrected chi connectivity index (χ4v) is 4.29. The van der Waals surface area contributed by atoms with Crippen LogP contribution >= 0.6 is 0 Å². The zero-order valence-corrected chi connectivity index (χ0v) is 23.0. The van der Waals surface area contributed by atoms with E-state index in [0.29, 0.717) is 12.5 Å². The normalized spacial score (nSPS) is 12.1. The Bertz CT molecular complexity index is 943. The summed E-state index contributed by atoms with van der Waals surface area (Å²) in [4.78, 5) is 0. The summed E-state index contributed by atoms with van der Waals surface area (Å²) in [6.45, 7) is 24.1. The van der Waals surface area contributed by atoms with Gasteiger partial charge in [0.05, 0.1) is 18.3 Å². The lowest BCUT2D eigenvalue weighted by Crippen LogP contribution is -2.39. The maximum atomic E-state index is 4.42. The third-order valence-corrected chi connectivity index (χ3v) is 6.45. The SMILES string of the molecule is C=C(CCCC)NC(C(=C)NCCCCNCc1nnc(C)n1-c1ccc(CC)cc1C)C(C)C. The zero-order valence-electron chi connectivity index (χ0n) is 23.0. The lowest BCUT2D eigenvalue weighted by Gasteiger charge is -2.27. The fraction of sp³-hybridized carbons (Fsp3) is 0.586. The van der Waals surface area contributed by atoms with Crippen LogP contribution in [0.5, 0.6) is 0 Å². The second-order valence-electron chi connectivity index (χ2n) is 9.88. The van der Waals surface area contributed by atoms with Crippen molar-refractivity contribution in [2.24, 2.45) is 5.92 Å². The van der Waals surface area contributed by atoms with Gasteiger partial charge in [-0.1, -0.05) is 59.4 Å². The minimum Gasteiger partial charge on any atom is -0.387 e. The summed E-state index contributed by atoms with van der Waals surface area (Å²) in [5.74, 6) is 2.33. The van der Waals surface area contributed by atoms with Crippen molar-refractivity contribution in [3.05, 3.63) is 65.5 Å². The molecule has 6 heteroatoms. The number of hydrogen-bond donors (Lipinski definition) is 3. The zero-order chi connectivity index (χ0) is 25.8. The summed E-state index contributed by atoms with van der Waals surface area (Å²) in [5.41, 5.74) is 5.93. The summed E-state index contributed by atoms with van der Waals surface area (Å²) in [6.07, 6.45) is 6.59. The van der Waals surface area contributed by atoms with Crippen LogP contribution < -0.4 is 16.0 Å². The first kappa shape index (κ1) is 28.6. The molecule has 2 rings (SSSR count). The number of nitrogens with zero attached hydrogens (tertiary/aromatic N) is 3. The van der Waals surface area contributed by atoms with E-state index in [9.17, 15) is 0 Å². The van der Waals surface area contributed by atoms with E-state index in [1.54, 1.807) is 0 Å². The predicted octanol–water partition coefficient (Wildman–Crippen LogP) is 5.74. The third-order valence-electron chi connectivity index (χ3n) is 6.45. The van der Waals surface area contributed by atoms with Crippen LogP contribution in [0.1, 0.15) is 82.6 Å². The lowest BCUT2D eigenvalue weighted by atomic mass is 10.0. The van der Waals surface area contributed by atoms with Crippen molar-refractivity contribution in [1.29, 1.82) is 0 Å². The largest absolute Gasteiger partial charge is 0.387 e. The van der Waals surface area contributed by atoms with Gasteiger partial charge in [-0.3, -0.25) is 4.57 Å². The Kier molecular flexibility index (Phi) is 12.0. The third kappa shape index (κ3) is 8.84. The lowest BCUT2D eigenvalue weighted by molar-refractivity contribution is 0.448. The van der Waals surface area contributed by atoms with Crippen molar-refractivity contribution in [2.45, 2.75) is 92.7 Å². The Labute approximate surface area is 213 Å². The Balaban J connectivity index is 1.76. The molecule has 1 aromatic carbocycles. The quantitative estimate of drug-likeness (QED) is 0.252. The van der Waals surface area contributed by atoms with Crippen LogP contribution in [0, 0.1) is 19.8 Å². The molecule has 0 aliphatic carbocycles. The Morgan fingerprint density at radius 1 is 1.03 bits per heavy atom. The van der Waals surface area contributed by atoms with Gasteiger partial charge < -0.3 is 16.0 Å². The molecular formula is C29H48N6. The number of rotatable bonds is 17. The molecule has 6 nitrogen and oxygen atoms in total. The molecule has 1 heterocycles. The van der Waals surface area contributed by atoms with E-state index in [2.05, 4.69) is 96.7 Å². The van der Waals surface area contributed by atoms with Gasteiger partial charge in [-0.25, -0.2) is 0 Å². The van der Waals surface area contributed by atoms with Crippen LogP contribution in [0.2, 0.25) is 0 Å². The second kappa shape index (κ2) is 14.7. The molecule has 0 saturated heterocycles. The first-order valence-electron chi connectivity index (χ1n) is 13.4. The van der Waals surface area contributed by atoms with Gasteiger partial charge in [0, 0.05) is 17.9 Å². The smallest absolute Gasteiger partial charge is 0.151 e. The van der Waals surface area contributed by atoms with Crippen LogP contribution in [0.4, 0.5) is 0 Å². The maximum absolute atomic E-state index is 4.42. The van der Waals surface area contributed by atoms with Gasteiger partial charge in [-0.05, 0) is 75.6 Å². The minimum absolute atomic E-state index is 0.210. The van der Waals surface area contributed by atoms with Crippen LogP contribution in [-0.4, -0.2) is 33.9 Å². The van der Waals surface area contributed by atoms with Gasteiger partial charge in [0.2, 0.25) is 0 Å². The second-order valence-corrected chi connectivity index (χ2v) is 9.88. The number of hydrogen-bond acceptors (Lipinski definition) is 5. The monoisotopic (exact) mass is 480 g/mol. The number of benzene rings is 1. The minimum atomic E-state index is 0.210. The van der Waals surface area contributed by atoms with Crippen molar-refractivity contribution in [1.82, 2.24) is 30.7 Å². The van der Waals surface area contributed by atoms with Gasteiger partial charge in [-0.2, -0.15) is 0 Å². The molecule has 0 fully saturated rings. The molecule has 0 radical (unpaired) electrons. The highest BCUT2D eigenvalue weighted by Crippen LogP contribution is 2.19. The van der Waals surface area contributed by atoms with E-state index in [1.165, 1.54) is 24.0 Å². The van der Waals surface area contributed by atoms with Crippen molar-refractivity contribution < 1.29 is 0 Å². The molecule has 35 heavy (non-hydrogen) atoms. The Morgan fingerprint density at radius 3 is 2.43 bits per heavy atom. The molecular weight excluding hydrogens is 432 g/mol. The summed E-state index contributed by atoms with van der Waals surface area (Å²) in [5, 5.41) is 19.4. The van der Waals surface area contributed by atoms with Crippen LogP contribution in [0.25, 0.3) is 5.69 Å². The Hall–Kier alpha value is -2.60.